The van der Waals surface area contributed by atoms with Crippen molar-refractivity contribution in [2.75, 3.05) is 20.8 Å². The molecule has 1 aliphatic heterocycles. The summed E-state index contributed by atoms with van der Waals surface area (Å²) in [6.45, 7) is 6.81. The fourth-order valence-corrected chi connectivity index (χ4v) is 4.21. The molecule has 5 heteroatoms. The minimum absolute atomic E-state index is 0.235. The van der Waals surface area contributed by atoms with Crippen LogP contribution in [0.5, 0.6) is 0 Å². The SMILES string of the molecule is C=C1C(CCNC=O)=CC(CC2C3C=C(OC)CC=C[C@@H]32)N/C1=C/C=C(\C)OC. The van der Waals surface area contributed by atoms with E-state index < -0.39 is 0 Å². The van der Waals surface area contributed by atoms with E-state index >= 15 is 0 Å². The average Bonchev–Trinajstić information content (AvgIpc) is 3.42. The summed E-state index contributed by atoms with van der Waals surface area (Å²) >= 11 is 0. The Labute approximate surface area is 173 Å². The zero-order chi connectivity index (χ0) is 20.8. The van der Waals surface area contributed by atoms with E-state index in [2.05, 4.69) is 41.5 Å². The summed E-state index contributed by atoms with van der Waals surface area (Å²) in [5.74, 6) is 3.69. The highest BCUT2D eigenvalue weighted by Crippen LogP contribution is 2.53. The van der Waals surface area contributed by atoms with Crippen molar-refractivity contribution >= 4 is 6.41 Å². The smallest absolute Gasteiger partial charge is 0.207 e. The molecule has 0 saturated heterocycles. The van der Waals surface area contributed by atoms with Crippen LogP contribution in [0.3, 0.4) is 0 Å². The summed E-state index contributed by atoms with van der Waals surface area (Å²) in [4.78, 5) is 10.6. The molecule has 0 spiro atoms. The Morgan fingerprint density at radius 1 is 1.34 bits per heavy atom. The van der Waals surface area contributed by atoms with E-state index in [0.29, 0.717) is 24.3 Å². The number of carbonyl (C=O) groups is 1. The minimum atomic E-state index is 0.235. The first-order chi connectivity index (χ1) is 14.1. The van der Waals surface area contributed by atoms with Crippen LogP contribution in [0.25, 0.3) is 0 Å². The van der Waals surface area contributed by atoms with Crippen LogP contribution in [0.1, 0.15) is 26.2 Å². The van der Waals surface area contributed by atoms with Gasteiger partial charge in [-0.3, -0.25) is 4.79 Å². The van der Waals surface area contributed by atoms with Gasteiger partial charge in [0.15, 0.2) is 0 Å². The Morgan fingerprint density at radius 2 is 2.17 bits per heavy atom. The summed E-state index contributed by atoms with van der Waals surface area (Å²) in [7, 11) is 3.42. The first-order valence-corrected chi connectivity index (χ1v) is 10.2. The van der Waals surface area contributed by atoms with Gasteiger partial charge in [-0.2, -0.15) is 0 Å². The summed E-state index contributed by atoms with van der Waals surface area (Å²) in [6.07, 6.45) is 16.6. The Morgan fingerprint density at radius 3 is 2.90 bits per heavy atom. The normalized spacial score (nSPS) is 29.8. The van der Waals surface area contributed by atoms with Gasteiger partial charge < -0.3 is 20.1 Å². The Balaban J connectivity index is 1.75. The lowest BCUT2D eigenvalue weighted by Gasteiger charge is -2.28. The number of rotatable bonds is 9. The van der Waals surface area contributed by atoms with Gasteiger partial charge in [0.1, 0.15) is 0 Å². The topological polar surface area (TPSA) is 59.6 Å². The van der Waals surface area contributed by atoms with Gasteiger partial charge in [0.25, 0.3) is 0 Å². The zero-order valence-electron chi connectivity index (χ0n) is 17.6. The molecular formula is C24H32N2O3. The van der Waals surface area contributed by atoms with Gasteiger partial charge in [-0.1, -0.05) is 24.8 Å². The number of methoxy groups -OCH3 is 2. The van der Waals surface area contributed by atoms with E-state index in [-0.39, 0.29) is 6.04 Å². The standard InChI is InChI=1S/C24H32N2O3/c1-16(28-3)8-9-24-17(2)18(10-11-25-15-27)12-19(26-24)13-22-21-7-5-6-20(29-4)14-23(21)22/h5,7-9,12,14-15,19,21-23,26H,2,6,10-11,13H2,1,3-4H3,(H,25,27)/b16-8+,24-9+/t19?,21-,22?,23?/m1/s1. The van der Waals surface area contributed by atoms with Gasteiger partial charge in [0.05, 0.1) is 25.7 Å². The fourth-order valence-electron chi connectivity index (χ4n) is 4.21. The highest BCUT2D eigenvalue weighted by atomic mass is 16.5. The maximum Gasteiger partial charge on any atom is 0.207 e. The monoisotopic (exact) mass is 396 g/mol. The van der Waals surface area contributed by atoms with Crippen LogP contribution in [0.4, 0.5) is 0 Å². The number of amides is 1. The van der Waals surface area contributed by atoms with Crippen LogP contribution >= 0.6 is 0 Å². The van der Waals surface area contributed by atoms with Gasteiger partial charge in [-0.25, -0.2) is 0 Å². The lowest BCUT2D eigenvalue weighted by atomic mass is 9.91. The quantitative estimate of drug-likeness (QED) is 0.270. The molecule has 1 amide bonds. The third-order valence-corrected chi connectivity index (χ3v) is 6.02. The summed E-state index contributed by atoms with van der Waals surface area (Å²) in [6, 6.07) is 0.235. The molecule has 0 aromatic carbocycles. The second-order valence-electron chi connectivity index (χ2n) is 7.83. The molecule has 1 heterocycles. The van der Waals surface area contributed by atoms with Crippen LogP contribution in [0, 0.1) is 17.8 Å². The molecule has 4 atom stereocenters. The number of hydrogen-bond donors (Lipinski definition) is 2. The first-order valence-electron chi connectivity index (χ1n) is 10.2. The highest BCUT2D eigenvalue weighted by Gasteiger charge is 2.48. The van der Waals surface area contributed by atoms with Crippen molar-refractivity contribution in [3.05, 3.63) is 71.4 Å². The van der Waals surface area contributed by atoms with Gasteiger partial charge in [-0.15, -0.1) is 0 Å². The predicted octanol–water partition coefficient (Wildman–Crippen LogP) is 3.75. The maximum atomic E-state index is 10.6. The number of ether oxygens (including phenoxy) is 2. The second kappa shape index (κ2) is 9.68. The fraction of sp³-hybridized carbons (Fsp3) is 0.458. The maximum absolute atomic E-state index is 10.6. The molecule has 1 saturated carbocycles. The second-order valence-corrected chi connectivity index (χ2v) is 7.83. The van der Waals surface area contributed by atoms with Crippen LogP contribution in [0.2, 0.25) is 0 Å². The molecule has 156 valence electrons. The van der Waals surface area contributed by atoms with E-state index in [0.717, 1.165) is 48.5 Å². The lowest BCUT2D eigenvalue weighted by Crippen LogP contribution is -2.33. The Hall–Kier alpha value is -2.69. The molecule has 3 unspecified atom stereocenters. The molecule has 0 radical (unpaired) electrons. The molecule has 29 heavy (non-hydrogen) atoms. The number of nitrogens with one attached hydrogen (secondary N) is 2. The third-order valence-electron chi connectivity index (χ3n) is 6.02. The van der Waals surface area contributed by atoms with Gasteiger partial charge in [-0.05, 0) is 66.9 Å². The van der Waals surface area contributed by atoms with Crippen LogP contribution in [-0.2, 0) is 14.3 Å². The summed E-state index contributed by atoms with van der Waals surface area (Å²) in [5, 5.41) is 6.40. The first kappa shape index (κ1) is 21.0. The van der Waals surface area contributed by atoms with Crippen molar-refractivity contribution in [2.24, 2.45) is 17.8 Å². The molecule has 0 aromatic heterocycles. The van der Waals surface area contributed by atoms with Gasteiger partial charge >= 0.3 is 0 Å². The van der Waals surface area contributed by atoms with Crippen molar-refractivity contribution in [3.63, 3.8) is 0 Å². The molecule has 0 aromatic rings. The average molecular weight is 397 g/mol. The van der Waals surface area contributed by atoms with E-state index in [4.69, 9.17) is 9.47 Å². The van der Waals surface area contributed by atoms with Crippen LogP contribution < -0.4 is 10.6 Å². The molecule has 3 aliphatic rings. The van der Waals surface area contributed by atoms with Crippen molar-refractivity contribution in [1.29, 1.82) is 0 Å². The Bertz CT molecular complexity index is 788. The predicted molar refractivity (Wildman–Crippen MR) is 116 cm³/mol. The van der Waals surface area contributed by atoms with E-state index in [1.807, 2.05) is 19.1 Å². The molecule has 2 aliphatic carbocycles. The van der Waals surface area contributed by atoms with Gasteiger partial charge in [0, 0.05) is 24.7 Å². The van der Waals surface area contributed by atoms with Gasteiger partial charge in [0.2, 0.25) is 6.41 Å². The molecule has 5 nitrogen and oxygen atoms in total. The summed E-state index contributed by atoms with van der Waals surface area (Å²) < 4.78 is 10.7. The lowest BCUT2D eigenvalue weighted by molar-refractivity contribution is -0.109. The number of hydrogen-bond acceptors (Lipinski definition) is 4. The largest absolute Gasteiger partial charge is 0.501 e. The third kappa shape index (κ3) is 5.22. The number of carbonyl (C=O) groups excluding carboxylic acids is 1. The van der Waals surface area contributed by atoms with Crippen molar-refractivity contribution in [3.8, 4) is 0 Å². The van der Waals surface area contributed by atoms with Crippen molar-refractivity contribution in [2.45, 2.75) is 32.2 Å². The minimum Gasteiger partial charge on any atom is -0.501 e. The van der Waals surface area contributed by atoms with E-state index in [9.17, 15) is 4.79 Å². The number of allylic oxidation sites excluding steroid dienone is 7. The Kier molecular flexibility index (Phi) is 7.02. The number of fused-ring (bicyclic) bond motifs is 1. The molecule has 1 fully saturated rings. The summed E-state index contributed by atoms with van der Waals surface area (Å²) in [5.41, 5.74) is 3.17. The van der Waals surface area contributed by atoms with Crippen LogP contribution in [0.15, 0.2) is 71.4 Å². The van der Waals surface area contributed by atoms with Crippen molar-refractivity contribution in [1.82, 2.24) is 10.6 Å². The zero-order valence-corrected chi connectivity index (χ0v) is 17.6. The highest BCUT2D eigenvalue weighted by molar-refractivity contribution is 5.50. The van der Waals surface area contributed by atoms with E-state index in [1.165, 1.54) is 5.57 Å². The van der Waals surface area contributed by atoms with Crippen LogP contribution in [-0.4, -0.2) is 33.2 Å². The van der Waals surface area contributed by atoms with E-state index in [1.54, 1.807) is 14.2 Å². The molecule has 3 rings (SSSR count). The molecule has 2 N–H and O–H groups in total. The van der Waals surface area contributed by atoms with Crippen molar-refractivity contribution < 1.29 is 14.3 Å². The molecular weight excluding hydrogens is 364 g/mol. The molecule has 0 bridgehead atoms.